The second-order valence-corrected chi connectivity index (χ2v) is 6.23. The number of halogens is 1. The lowest BCUT2D eigenvalue weighted by Crippen LogP contribution is -2.06. The Morgan fingerprint density at radius 3 is 2.57 bits per heavy atom. The number of benzene rings is 2. The summed E-state index contributed by atoms with van der Waals surface area (Å²) in [7, 11) is 2.14. The first-order chi connectivity index (χ1) is 10.1. The van der Waals surface area contributed by atoms with Crippen molar-refractivity contribution in [2.75, 3.05) is 5.32 Å². The van der Waals surface area contributed by atoms with Gasteiger partial charge in [-0.05, 0) is 53.0 Å². The van der Waals surface area contributed by atoms with Crippen molar-refractivity contribution in [1.29, 1.82) is 0 Å². The van der Waals surface area contributed by atoms with Crippen molar-refractivity contribution >= 4 is 32.5 Å². The molecule has 0 spiro atoms. The number of hydrogen-bond acceptors (Lipinski definition) is 1. The van der Waals surface area contributed by atoms with Crippen molar-refractivity contribution in [3.8, 4) is 0 Å². The van der Waals surface area contributed by atoms with E-state index in [2.05, 4.69) is 89.2 Å². The molecule has 1 N–H and O–H groups in total. The Labute approximate surface area is 133 Å². The molecule has 3 rings (SSSR count). The summed E-state index contributed by atoms with van der Waals surface area (Å²) in [6, 6.07) is 14.9. The van der Waals surface area contributed by atoms with Crippen LogP contribution < -0.4 is 5.32 Å². The predicted octanol–water partition coefficient (Wildman–Crippen LogP) is 5.17. The molecule has 0 bridgehead atoms. The van der Waals surface area contributed by atoms with Crippen LogP contribution in [0.5, 0.6) is 0 Å². The lowest BCUT2D eigenvalue weighted by Gasteiger charge is -2.12. The number of aromatic nitrogens is 1. The summed E-state index contributed by atoms with van der Waals surface area (Å²) in [4.78, 5) is 0. The number of anilines is 1. The van der Waals surface area contributed by atoms with Gasteiger partial charge in [0.05, 0.1) is 6.54 Å². The molecule has 0 saturated heterocycles. The van der Waals surface area contributed by atoms with Gasteiger partial charge in [0.25, 0.3) is 0 Å². The van der Waals surface area contributed by atoms with Crippen LogP contribution in [-0.4, -0.2) is 4.57 Å². The second-order valence-electron chi connectivity index (χ2n) is 5.44. The van der Waals surface area contributed by atoms with Crippen molar-refractivity contribution in [3.63, 3.8) is 0 Å². The molecule has 0 aliphatic heterocycles. The fourth-order valence-corrected chi connectivity index (χ4v) is 3.25. The molecule has 0 atom stereocenters. The molecule has 2 nitrogen and oxygen atoms in total. The Hall–Kier alpha value is -1.74. The minimum atomic E-state index is 0.819. The van der Waals surface area contributed by atoms with E-state index in [9.17, 15) is 0 Å². The Morgan fingerprint density at radius 1 is 1.05 bits per heavy atom. The molecule has 0 aliphatic rings. The maximum absolute atomic E-state index is 3.66. The van der Waals surface area contributed by atoms with Crippen LogP contribution in [0.4, 0.5) is 5.69 Å². The normalized spacial score (nSPS) is 11.0. The van der Waals surface area contributed by atoms with Crippen LogP contribution in [0.2, 0.25) is 0 Å². The SMILES string of the molecule is Cc1cccc(NCc2c(C)c3ccccc3n2C)c1Br. The van der Waals surface area contributed by atoms with Crippen molar-refractivity contribution in [2.24, 2.45) is 7.05 Å². The topological polar surface area (TPSA) is 17.0 Å². The van der Waals surface area contributed by atoms with Crippen LogP contribution in [0.3, 0.4) is 0 Å². The fourth-order valence-electron chi connectivity index (χ4n) is 2.85. The number of para-hydroxylation sites is 1. The minimum absolute atomic E-state index is 0.819. The van der Waals surface area contributed by atoms with E-state index in [1.165, 1.54) is 27.7 Å². The standard InChI is InChI=1S/C18H19BrN2/c1-12-7-6-9-15(18(12)19)20-11-17-13(2)14-8-4-5-10-16(14)21(17)3/h4-10,20H,11H2,1-3H3. The van der Waals surface area contributed by atoms with Crippen LogP contribution >= 0.6 is 15.9 Å². The van der Waals surface area contributed by atoms with Crippen LogP contribution in [0.25, 0.3) is 10.9 Å². The third-order valence-corrected chi connectivity index (χ3v) is 5.20. The number of rotatable bonds is 3. The van der Waals surface area contributed by atoms with Crippen LogP contribution in [-0.2, 0) is 13.6 Å². The monoisotopic (exact) mass is 342 g/mol. The largest absolute Gasteiger partial charge is 0.379 e. The molecule has 108 valence electrons. The molecule has 21 heavy (non-hydrogen) atoms. The Bertz CT molecular complexity index is 763. The van der Waals surface area contributed by atoms with Crippen molar-refractivity contribution in [1.82, 2.24) is 4.57 Å². The zero-order valence-electron chi connectivity index (χ0n) is 12.6. The fraction of sp³-hybridized carbons (Fsp3) is 0.222. The van der Waals surface area contributed by atoms with E-state index in [0.29, 0.717) is 0 Å². The number of nitrogens with one attached hydrogen (secondary N) is 1. The summed E-state index contributed by atoms with van der Waals surface area (Å²) in [6.45, 7) is 5.13. The highest BCUT2D eigenvalue weighted by molar-refractivity contribution is 9.10. The quantitative estimate of drug-likeness (QED) is 0.694. The van der Waals surface area contributed by atoms with E-state index in [0.717, 1.165) is 16.7 Å². The molecule has 1 aromatic heterocycles. The van der Waals surface area contributed by atoms with Gasteiger partial charge in [-0.25, -0.2) is 0 Å². The lowest BCUT2D eigenvalue weighted by molar-refractivity contribution is 0.862. The molecule has 0 radical (unpaired) electrons. The molecule has 0 fully saturated rings. The van der Waals surface area contributed by atoms with E-state index in [4.69, 9.17) is 0 Å². The van der Waals surface area contributed by atoms with Crippen molar-refractivity contribution in [2.45, 2.75) is 20.4 Å². The molecular formula is C18H19BrN2. The number of aryl methyl sites for hydroxylation is 3. The Morgan fingerprint density at radius 2 is 1.81 bits per heavy atom. The van der Waals surface area contributed by atoms with Gasteiger partial charge in [0.1, 0.15) is 0 Å². The molecule has 3 heteroatoms. The summed E-state index contributed by atoms with van der Waals surface area (Å²) in [5.41, 5.74) is 6.34. The van der Waals surface area contributed by atoms with E-state index in [1.807, 2.05) is 0 Å². The summed E-state index contributed by atoms with van der Waals surface area (Å²) < 4.78 is 3.42. The van der Waals surface area contributed by atoms with E-state index >= 15 is 0 Å². The molecule has 2 aromatic carbocycles. The molecular weight excluding hydrogens is 324 g/mol. The highest BCUT2D eigenvalue weighted by atomic mass is 79.9. The third-order valence-electron chi connectivity index (χ3n) is 4.15. The third kappa shape index (κ3) is 2.46. The summed E-state index contributed by atoms with van der Waals surface area (Å²) in [5.74, 6) is 0. The van der Waals surface area contributed by atoms with Gasteiger partial charge in [0.15, 0.2) is 0 Å². The molecule has 3 aromatic rings. The predicted molar refractivity (Wildman–Crippen MR) is 93.9 cm³/mol. The van der Waals surface area contributed by atoms with Gasteiger partial charge >= 0.3 is 0 Å². The zero-order valence-corrected chi connectivity index (χ0v) is 14.2. The molecule has 0 amide bonds. The number of hydrogen-bond donors (Lipinski definition) is 1. The van der Waals surface area contributed by atoms with E-state index in [1.54, 1.807) is 0 Å². The molecule has 0 unspecified atom stereocenters. The average molecular weight is 343 g/mol. The smallest absolute Gasteiger partial charge is 0.0556 e. The first-order valence-corrected chi connectivity index (χ1v) is 7.90. The molecule has 0 saturated carbocycles. The first kappa shape index (κ1) is 14.2. The number of nitrogens with zero attached hydrogens (tertiary/aromatic N) is 1. The van der Waals surface area contributed by atoms with Crippen LogP contribution in [0.15, 0.2) is 46.9 Å². The Kier molecular flexibility index (Phi) is 3.77. The lowest BCUT2D eigenvalue weighted by atomic mass is 10.1. The summed E-state index contributed by atoms with van der Waals surface area (Å²) >= 11 is 3.66. The highest BCUT2D eigenvalue weighted by Gasteiger charge is 2.11. The van der Waals surface area contributed by atoms with Gasteiger partial charge < -0.3 is 9.88 Å². The highest BCUT2D eigenvalue weighted by Crippen LogP contribution is 2.28. The van der Waals surface area contributed by atoms with E-state index < -0.39 is 0 Å². The number of fused-ring (bicyclic) bond motifs is 1. The van der Waals surface area contributed by atoms with Gasteiger partial charge in [-0.1, -0.05) is 30.3 Å². The van der Waals surface area contributed by atoms with Crippen LogP contribution in [0.1, 0.15) is 16.8 Å². The Balaban J connectivity index is 1.94. The average Bonchev–Trinajstić information content (AvgIpc) is 2.73. The van der Waals surface area contributed by atoms with Gasteiger partial charge in [-0.2, -0.15) is 0 Å². The summed E-state index contributed by atoms with van der Waals surface area (Å²) in [5, 5.41) is 4.88. The maximum atomic E-state index is 3.66. The summed E-state index contributed by atoms with van der Waals surface area (Å²) in [6.07, 6.45) is 0. The van der Waals surface area contributed by atoms with Crippen molar-refractivity contribution < 1.29 is 0 Å². The maximum Gasteiger partial charge on any atom is 0.0556 e. The van der Waals surface area contributed by atoms with Crippen molar-refractivity contribution in [3.05, 3.63) is 63.8 Å². The molecule has 1 heterocycles. The van der Waals surface area contributed by atoms with Crippen LogP contribution in [0, 0.1) is 13.8 Å². The van der Waals surface area contributed by atoms with Gasteiger partial charge in [0.2, 0.25) is 0 Å². The van der Waals surface area contributed by atoms with Gasteiger partial charge in [-0.15, -0.1) is 0 Å². The van der Waals surface area contributed by atoms with Gasteiger partial charge in [0, 0.05) is 33.8 Å². The zero-order chi connectivity index (χ0) is 15.0. The first-order valence-electron chi connectivity index (χ1n) is 7.11. The minimum Gasteiger partial charge on any atom is -0.379 e. The second kappa shape index (κ2) is 5.57. The van der Waals surface area contributed by atoms with Gasteiger partial charge in [-0.3, -0.25) is 0 Å². The van der Waals surface area contributed by atoms with E-state index in [-0.39, 0.29) is 0 Å². The molecule has 0 aliphatic carbocycles.